The third kappa shape index (κ3) is 4.93. The fourth-order valence-electron chi connectivity index (χ4n) is 2.55. The molecule has 0 bridgehead atoms. The van der Waals surface area contributed by atoms with Gasteiger partial charge in [0.25, 0.3) is 0 Å². The molecule has 1 unspecified atom stereocenters. The van der Waals surface area contributed by atoms with E-state index in [-0.39, 0.29) is 12.5 Å². The number of carbonyl (C=O) groups is 1. The van der Waals surface area contributed by atoms with Gasteiger partial charge in [-0.05, 0) is 37.2 Å². The van der Waals surface area contributed by atoms with E-state index in [1.54, 1.807) is 14.2 Å². The SMILES string of the molecule is CCN(CC)C(CC(=O)O)Cc1ccc(OC)c(OC)c1. The molecule has 1 rings (SSSR count). The van der Waals surface area contributed by atoms with Gasteiger partial charge in [-0.3, -0.25) is 4.79 Å². The molecule has 0 aliphatic heterocycles. The van der Waals surface area contributed by atoms with Crippen molar-refractivity contribution >= 4 is 5.97 Å². The van der Waals surface area contributed by atoms with E-state index < -0.39 is 5.97 Å². The van der Waals surface area contributed by atoms with Crippen LogP contribution in [0.5, 0.6) is 11.5 Å². The third-order valence-corrected chi connectivity index (χ3v) is 3.66. The van der Waals surface area contributed by atoms with Crippen LogP contribution in [0, 0.1) is 0 Å². The highest BCUT2D eigenvalue weighted by molar-refractivity contribution is 5.67. The minimum absolute atomic E-state index is 0.0180. The van der Waals surface area contributed by atoms with Gasteiger partial charge in [0.05, 0.1) is 20.6 Å². The summed E-state index contributed by atoms with van der Waals surface area (Å²) in [6, 6.07) is 5.71. The number of hydrogen-bond donors (Lipinski definition) is 1. The maximum Gasteiger partial charge on any atom is 0.304 e. The normalized spacial score (nSPS) is 12.2. The molecule has 1 aromatic carbocycles. The van der Waals surface area contributed by atoms with Gasteiger partial charge in [-0.1, -0.05) is 19.9 Å². The highest BCUT2D eigenvalue weighted by atomic mass is 16.5. The van der Waals surface area contributed by atoms with Crippen LogP contribution >= 0.6 is 0 Å². The molecule has 0 saturated heterocycles. The van der Waals surface area contributed by atoms with Crippen LogP contribution in [0.2, 0.25) is 0 Å². The molecule has 0 aliphatic rings. The first-order valence-electron chi connectivity index (χ1n) is 7.22. The first-order chi connectivity index (χ1) is 10.0. The van der Waals surface area contributed by atoms with Gasteiger partial charge in [0.2, 0.25) is 0 Å². The molecule has 0 aliphatic carbocycles. The molecule has 21 heavy (non-hydrogen) atoms. The van der Waals surface area contributed by atoms with Gasteiger partial charge in [0.1, 0.15) is 0 Å². The highest BCUT2D eigenvalue weighted by Gasteiger charge is 2.20. The quantitative estimate of drug-likeness (QED) is 0.758. The van der Waals surface area contributed by atoms with Crippen molar-refractivity contribution in [2.75, 3.05) is 27.3 Å². The number of likely N-dealkylation sites (N-methyl/N-ethyl adjacent to an activating group) is 1. The zero-order valence-corrected chi connectivity index (χ0v) is 13.3. The number of nitrogens with zero attached hydrogens (tertiary/aromatic N) is 1. The van der Waals surface area contributed by atoms with Crippen molar-refractivity contribution in [1.29, 1.82) is 0 Å². The van der Waals surface area contributed by atoms with Gasteiger partial charge in [0.15, 0.2) is 11.5 Å². The Morgan fingerprint density at radius 2 is 1.81 bits per heavy atom. The predicted molar refractivity (Wildman–Crippen MR) is 82.2 cm³/mol. The number of hydrogen-bond acceptors (Lipinski definition) is 4. The van der Waals surface area contributed by atoms with Crippen molar-refractivity contribution in [1.82, 2.24) is 4.90 Å². The van der Waals surface area contributed by atoms with Crippen molar-refractivity contribution in [2.24, 2.45) is 0 Å². The molecule has 5 heteroatoms. The Morgan fingerprint density at radius 3 is 2.29 bits per heavy atom. The van der Waals surface area contributed by atoms with Crippen molar-refractivity contribution in [3.05, 3.63) is 23.8 Å². The lowest BCUT2D eigenvalue weighted by molar-refractivity contribution is -0.138. The first-order valence-corrected chi connectivity index (χ1v) is 7.22. The van der Waals surface area contributed by atoms with E-state index in [1.165, 1.54) is 0 Å². The summed E-state index contributed by atoms with van der Waals surface area (Å²) in [4.78, 5) is 13.3. The molecule has 1 atom stereocenters. The Kier molecular flexibility index (Phi) is 7.02. The number of ether oxygens (including phenoxy) is 2. The van der Waals surface area contributed by atoms with Gasteiger partial charge in [-0.2, -0.15) is 0 Å². The summed E-state index contributed by atoms with van der Waals surface area (Å²) in [5.74, 6) is 0.579. The molecule has 0 heterocycles. The van der Waals surface area contributed by atoms with E-state index in [0.29, 0.717) is 17.9 Å². The van der Waals surface area contributed by atoms with E-state index >= 15 is 0 Å². The molecular weight excluding hydrogens is 270 g/mol. The van der Waals surface area contributed by atoms with Crippen LogP contribution in [0.25, 0.3) is 0 Å². The zero-order chi connectivity index (χ0) is 15.8. The van der Waals surface area contributed by atoms with Crippen LogP contribution in [-0.4, -0.2) is 49.3 Å². The Bertz CT molecular complexity index is 458. The lowest BCUT2D eigenvalue weighted by atomic mass is 10.0. The Labute approximate surface area is 126 Å². The molecule has 0 aromatic heterocycles. The van der Waals surface area contributed by atoms with Gasteiger partial charge >= 0.3 is 5.97 Å². The number of benzene rings is 1. The standard InChI is InChI=1S/C16H25NO4/c1-5-17(6-2)13(11-16(18)19)9-12-7-8-14(20-3)15(10-12)21-4/h7-8,10,13H,5-6,9,11H2,1-4H3,(H,18,19). The minimum atomic E-state index is -0.771. The van der Waals surface area contributed by atoms with Crippen molar-refractivity contribution < 1.29 is 19.4 Å². The average molecular weight is 295 g/mol. The second-order valence-corrected chi connectivity index (χ2v) is 4.87. The summed E-state index contributed by atoms with van der Waals surface area (Å²) in [6.45, 7) is 5.77. The predicted octanol–water partition coefficient (Wildman–Crippen LogP) is 2.43. The summed E-state index contributed by atoms with van der Waals surface area (Å²) in [5.41, 5.74) is 1.05. The number of methoxy groups -OCH3 is 2. The summed E-state index contributed by atoms with van der Waals surface area (Å²) in [6.07, 6.45) is 0.810. The maximum absolute atomic E-state index is 11.1. The number of carboxylic acid groups (broad SMARTS) is 1. The van der Waals surface area contributed by atoms with Crippen LogP contribution < -0.4 is 9.47 Å². The van der Waals surface area contributed by atoms with E-state index in [9.17, 15) is 4.79 Å². The van der Waals surface area contributed by atoms with Crippen molar-refractivity contribution in [3.8, 4) is 11.5 Å². The summed E-state index contributed by atoms with van der Waals surface area (Å²) in [5, 5.41) is 9.11. The number of carboxylic acids is 1. The first kappa shape index (κ1) is 17.3. The second kappa shape index (κ2) is 8.52. The van der Waals surface area contributed by atoms with E-state index in [4.69, 9.17) is 14.6 Å². The molecule has 1 N–H and O–H groups in total. The van der Waals surface area contributed by atoms with E-state index in [1.807, 2.05) is 32.0 Å². The molecule has 0 radical (unpaired) electrons. The summed E-state index contributed by atoms with van der Waals surface area (Å²) in [7, 11) is 3.20. The van der Waals surface area contributed by atoms with Gasteiger partial charge in [-0.15, -0.1) is 0 Å². The van der Waals surface area contributed by atoms with Gasteiger partial charge < -0.3 is 19.5 Å². The van der Waals surface area contributed by atoms with Crippen LogP contribution in [0.1, 0.15) is 25.8 Å². The zero-order valence-electron chi connectivity index (χ0n) is 13.3. The number of rotatable bonds is 9. The molecule has 5 nitrogen and oxygen atoms in total. The summed E-state index contributed by atoms with van der Waals surface area (Å²) < 4.78 is 10.5. The van der Waals surface area contributed by atoms with Crippen molar-refractivity contribution in [3.63, 3.8) is 0 Å². The molecule has 0 amide bonds. The smallest absolute Gasteiger partial charge is 0.304 e. The Hall–Kier alpha value is -1.75. The summed E-state index contributed by atoms with van der Waals surface area (Å²) >= 11 is 0. The molecule has 118 valence electrons. The molecular formula is C16H25NO4. The lowest BCUT2D eigenvalue weighted by Crippen LogP contribution is -2.38. The Morgan fingerprint density at radius 1 is 1.19 bits per heavy atom. The molecule has 0 fully saturated rings. The fraction of sp³-hybridized carbons (Fsp3) is 0.562. The molecule has 1 aromatic rings. The van der Waals surface area contributed by atoms with Crippen LogP contribution in [-0.2, 0) is 11.2 Å². The fourth-order valence-corrected chi connectivity index (χ4v) is 2.55. The topological polar surface area (TPSA) is 59.0 Å². The Balaban J connectivity index is 2.94. The lowest BCUT2D eigenvalue weighted by Gasteiger charge is -2.28. The van der Waals surface area contributed by atoms with Crippen molar-refractivity contribution in [2.45, 2.75) is 32.7 Å². The van der Waals surface area contributed by atoms with Crippen LogP contribution in [0.15, 0.2) is 18.2 Å². The average Bonchev–Trinajstić information content (AvgIpc) is 2.47. The van der Waals surface area contributed by atoms with Gasteiger partial charge in [0, 0.05) is 6.04 Å². The molecule has 0 spiro atoms. The second-order valence-electron chi connectivity index (χ2n) is 4.87. The monoisotopic (exact) mass is 295 g/mol. The third-order valence-electron chi connectivity index (χ3n) is 3.66. The van der Waals surface area contributed by atoms with E-state index in [2.05, 4.69) is 4.90 Å². The highest BCUT2D eigenvalue weighted by Crippen LogP contribution is 2.28. The minimum Gasteiger partial charge on any atom is -0.493 e. The van der Waals surface area contributed by atoms with Crippen LogP contribution in [0.4, 0.5) is 0 Å². The number of aliphatic carboxylic acids is 1. The largest absolute Gasteiger partial charge is 0.493 e. The van der Waals surface area contributed by atoms with Crippen LogP contribution in [0.3, 0.4) is 0 Å². The van der Waals surface area contributed by atoms with E-state index in [0.717, 1.165) is 18.7 Å². The molecule has 0 saturated carbocycles. The van der Waals surface area contributed by atoms with Gasteiger partial charge in [-0.25, -0.2) is 0 Å². The maximum atomic E-state index is 11.1.